The molecule has 0 aliphatic heterocycles. The van der Waals surface area contributed by atoms with Crippen LogP contribution in [0.2, 0.25) is 0 Å². The van der Waals surface area contributed by atoms with Gasteiger partial charge in [0.15, 0.2) is 0 Å². The van der Waals surface area contributed by atoms with Crippen LogP contribution in [0.4, 0.5) is 11.4 Å². The molecular formula is C21H23ClN4O2S. The molecule has 3 N–H and O–H groups in total. The zero-order valence-electron chi connectivity index (χ0n) is 16.2. The molecule has 2 heterocycles. The van der Waals surface area contributed by atoms with Crippen LogP contribution < -0.4 is 11.1 Å². The normalized spacial score (nSPS) is 10.4. The molecule has 4 rings (SSSR count). The number of hydrogen-bond acceptors (Lipinski definition) is 6. The summed E-state index contributed by atoms with van der Waals surface area (Å²) in [5, 5.41) is 5.56. The van der Waals surface area contributed by atoms with E-state index in [1.165, 1.54) is 5.39 Å². The number of fused-ring (bicyclic) bond motifs is 2. The van der Waals surface area contributed by atoms with E-state index in [1.807, 2.05) is 48.7 Å². The molecule has 6 nitrogen and oxygen atoms in total. The Morgan fingerprint density at radius 3 is 1.93 bits per heavy atom. The summed E-state index contributed by atoms with van der Waals surface area (Å²) in [5.41, 5.74) is 9.48. The van der Waals surface area contributed by atoms with Crippen LogP contribution in [0.5, 0.6) is 0 Å². The van der Waals surface area contributed by atoms with Crippen molar-refractivity contribution < 1.29 is 8.42 Å². The third kappa shape index (κ3) is 7.56. The van der Waals surface area contributed by atoms with E-state index < -0.39 is 9.05 Å². The largest absolute Gasteiger partial charge is 0.397 e. The zero-order chi connectivity index (χ0) is 21.3. The van der Waals surface area contributed by atoms with E-state index in [2.05, 4.69) is 51.1 Å². The van der Waals surface area contributed by atoms with Gasteiger partial charge >= 0.3 is 0 Å². The smallest absolute Gasteiger partial charge is 0.229 e. The Hall–Kier alpha value is -2.90. The summed E-state index contributed by atoms with van der Waals surface area (Å²) in [6.07, 6.45) is 4.50. The molecule has 0 spiro atoms. The minimum Gasteiger partial charge on any atom is -0.397 e. The van der Waals surface area contributed by atoms with Gasteiger partial charge in [-0.1, -0.05) is 36.4 Å². The van der Waals surface area contributed by atoms with Crippen molar-refractivity contribution in [1.82, 2.24) is 9.97 Å². The number of nitrogen functional groups attached to an aromatic ring is 1. The van der Waals surface area contributed by atoms with Gasteiger partial charge in [0.05, 0.1) is 28.7 Å². The minimum atomic E-state index is -3.19. The van der Waals surface area contributed by atoms with Gasteiger partial charge in [-0.05, 0) is 31.2 Å². The third-order valence-corrected chi connectivity index (χ3v) is 3.66. The Morgan fingerprint density at radius 1 is 0.897 bits per heavy atom. The van der Waals surface area contributed by atoms with Crippen molar-refractivity contribution in [3.05, 3.63) is 73.1 Å². The fraction of sp³-hybridized carbons (Fsp3) is 0.143. The first kappa shape index (κ1) is 22.4. The summed E-state index contributed by atoms with van der Waals surface area (Å²) < 4.78 is 18.8. The minimum absolute atomic E-state index is 0.739. The van der Waals surface area contributed by atoms with Crippen molar-refractivity contribution in [1.29, 1.82) is 0 Å². The van der Waals surface area contributed by atoms with Crippen LogP contribution in [0.15, 0.2) is 73.1 Å². The van der Waals surface area contributed by atoms with Gasteiger partial charge in [-0.15, -0.1) is 0 Å². The quantitative estimate of drug-likeness (QED) is 0.354. The van der Waals surface area contributed by atoms with E-state index >= 15 is 0 Å². The number of pyridine rings is 2. The van der Waals surface area contributed by atoms with Gasteiger partial charge in [0, 0.05) is 40.4 Å². The highest BCUT2D eigenvalue weighted by atomic mass is 35.7. The average Bonchev–Trinajstić information content (AvgIpc) is 2.68. The number of benzene rings is 2. The predicted molar refractivity (Wildman–Crippen MR) is 123 cm³/mol. The number of hydrogen-bond donors (Lipinski definition) is 2. The number of aromatic nitrogens is 2. The van der Waals surface area contributed by atoms with Crippen molar-refractivity contribution in [3.8, 4) is 0 Å². The Morgan fingerprint density at radius 2 is 1.38 bits per heavy atom. The Kier molecular flexibility index (Phi) is 8.18. The first-order chi connectivity index (χ1) is 13.8. The van der Waals surface area contributed by atoms with Crippen LogP contribution in [-0.2, 0) is 9.05 Å². The van der Waals surface area contributed by atoms with Crippen LogP contribution >= 0.6 is 10.7 Å². The van der Waals surface area contributed by atoms with Crippen molar-refractivity contribution in [2.75, 3.05) is 23.9 Å². The highest BCUT2D eigenvalue weighted by Gasteiger charge is 1.98. The maximum atomic E-state index is 9.40. The number of halogens is 1. The molecule has 0 radical (unpaired) electrons. The summed E-state index contributed by atoms with van der Waals surface area (Å²) in [6.45, 7) is 3.01. The second-order valence-corrected chi connectivity index (χ2v) is 9.06. The second-order valence-electron chi connectivity index (χ2n) is 6.02. The van der Waals surface area contributed by atoms with Gasteiger partial charge in [-0.2, -0.15) is 0 Å². The maximum Gasteiger partial charge on any atom is 0.229 e. The molecule has 8 heteroatoms. The molecule has 0 saturated heterocycles. The molecule has 0 amide bonds. The lowest BCUT2D eigenvalue weighted by molar-refractivity contribution is 0.615. The van der Waals surface area contributed by atoms with Crippen LogP contribution in [0, 0.1) is 0 Å². The van der Waals surface area contributed by atoms with E-state index in [0.29, 0.717) is 0 Å². The molecule has 2 aromatic heterocycles. The Balaban J connectivity index is 0.000000171. The molecule has 0 bridgehead atoms. The Bertz CT molecular complexity index is 1160. The lowest BCUT2D eigenvalue weighted by Crippen LogP contribution is -1.97. The van der Waals surface area contributed by atoms with E-state index in [0.717, 1.165) is 40.6 Å². The van der Waals surface area contributed by atoms with E-state index in [1.54, 1.807) is 6.20 Å². The molecule has 0 atom stereocenters. The van der Waals surface area contributed by atoms with E-state index in [-0.39, 0.29) is 0 Å². The monoisotopic (exact) mass is 430 g/mol. The van der Waals surface area contributed by atoms with Gasteiger partial charge < -0.3 is 11.1 Å². The van der Waals surface area contributed by atoms with Crippen molar-refractivity contribution in [2.24, 2.45) is 0 Å². The topological polar surface area (TPSA) is 98.0 Å². The number of nitrogens with zero attached hydrogens (tertiary/aromatic N) is 2. The molecule has 29 heavy (non-hydrogen) atoms. The summed E-state index contributed by atoms with van der Waals surface area (Å²) in [5.74, 6) is 0. The van der Waals surface area contributed by atoms with Crippen LogP contribution in [0.1, 0.15) is 6.92 Å². The molecule has 152 valence electrons. The van der Waals surface area contributed by atoms with Crippen molar-refractivity contribution in [2.45, 2.75) is 6.92 Å². The summed E-state index contributed by atoms with van der Waals surface area (Å²) >= 11 is 0. The summed E-state index contributed by atoms with van der Waals surface area (Å²) in [7, 11) is 1.31. The van der Waals surface area contributed by atoms with Gasteiger partial charge in [0.25, 0.3) is 0 Å². The summed E-state index contributed by atoms with van der Waals surface area (Å²) in [4.78, 5) is 8.49. The molecule has 0 aliphatic carbocycles. The van der Waals surface area contributed by atoms with Crippen molar-refractivity contribution in [3.63, 3.8) is 0 Å². The third-order valence-electron chi connectivity index (χ3n) is 3.66. The maximum absolute atomic E-state index is 9.40. The lowest BCUT2D eigenvalue weighted by atomic mass is 10.2. The lowest BCUT2D eigenvalue weighted by Gasteiger charge is -2.05. The molecular weight excluding hydrogens is 408 g/mol. The van der Waals surface area contributed by atoms with E-state index in [4.69, 9.17) is 5.73 Å². The molecule has 0 unspecified atom stereocenters. The van der Waals surface area contributed by atoms with Crippen LogP contribution in [0.3, 0.4) is 0 Å². The number of anilines is 2. The second kappa shape index (κ2) is 10.6. The molecule has 0 saturated carbocycles. The predicted octanol–water partition coefficient (Wildman–Crippen LogP) is 4.67. The fourth-order valence-electron chi connectivity index (χ4n) is 2.57. The number of nitrogens with two attached hydrogens (primary N) is 1. The highest BCUT2D eigenvalue weighted by Crippen LogP contribution is 2.20. The number of nitrogens with one attached hydrogen (secondary N) is 1. The van der Waals surface area contributed by atoms with E-state index in [9.17, 15) is 8.42 Å². The SMILES string of the molecule is CCNc1cccc2cccnc12.CS(=O)(=O)Cl.Nc1cccc2cccnc12. The molecule has 4 aromatic rings. The molecule has 0 aliphatic rings. The number of para-hydroxylation sites is 2. The van der Waals surface area contributed by atoms with Crippen molar-refractivity contribution >= 4 is 52.9 Å². The van der Waals surface area contributed by atoms with Gasteiger partial charge in [-0.3, -0.25) is 9.97 Å². The molecule has 0 fully saturated rings. The standard InChI is InChI=1S/C11H12N2.C9H8N2.CH3ClO2S/c1-2-12-10-7-3-5-9-6-4-8-13-11(9)10;10-8-5-1-3-7-4-2-6-11-9(7)8;1-5(2,3)4/h3-8,12H,2H2,1H3;1-6H,10H2;1H3. The number of rotatable bonds is 2. The van der Waals surface area contributed by atoms with Crippen LogP contribution in [-0.4, -0.2) is 31.2 Å². The van der Waals surface area contributed by atoms with Crippen LogP contribution in [0.25, 0.3) is 21.8 Å². The van der Waals surface area contributed by atoms with Gasteiger partial charge in [0.1, 0.15) is 0 Å². The average molecular weight is 431 g/mol. The summed E-state index contributed by atoms with van der Waals surface area (Å²) in [6, 6.07) is 19.9. The zero-order valence-corrected chi connectivity index (χ0v) is 17.8. The highest BCUT2D eigenvalue weighted by molar-refractivity contribution is 8.13. The fourth-order valence-corrected chi connectivity index (χ4v) is 2.57. The Labute approximate surface area is 175 Å². The van der Waals surface area contributed by atoms with Gasteiger partial charge in [-0.25, -0.2) is 8.42 Å². The first-order valence-corrected chi connectivity index (χ1v) is 11.6. The molecule has 2 aromatic carbocycles. The van der Waals surface area contributed by atoms with Gasteiger partial charge in [0.2, 0.25) is 9.05 Å². The first-order valence-electron chi connectivity index (χ1n) is 8.86.